The molecular weight excluding hydrogens is 328 g/mol. The van der Waals surface area contributed by atoms with Gasteiger partial charge >= 0.3 is 0 Å². The van der Waals surface area contributed by atoms with Crippen molar-refractivity contribution in [1.29, 1.82) is 0 Å². The summed E-state index contributed by atoms with van der Waals surface area (Å²) in [5.41, 5.74) is 3.47. The number of carbonyl (C=O) groups excluding carboxylic acids is 1. The quantitative estimate of drug-likeness (QED) is 0.518. The van der Waals surface area contributed by atoms with Crippen LogP contribution in [0.4, 0.5) is 0 Å². The number of rotatable bonds is 3. The first kappa shape index (κ1) is 13.8. The molecule has 1 aromatic heterocycles. The van der Waals surface area contributed by atoms with Gasteiger partial charge in [-0.1, -0.05) is 28.1 Å². The summed E-state index contributed by atoms with van der Waals surface area (Å²) in [5.74, 6) is -0.00333. The minimum atomic E-state index is -0.00333. The maximum Gasteiger partial charge on any atom is 0.185 e. The molecule has 3 rings (SSSR count). The van der Waals surface area contributed by atoms with Crippen molar-refractivity contribution in [3.63, 3.8) is 0 Å². The molecule has 0 unspecified atom stereocenters. The first-order valence-corrected chi connectivity index (χ1v) is 7.38. The molecule has 3 aromatic rings. The standard InChI is InChI=1S/C17H13BrN2O/c1-2-4-17(21)12-7-8-16-15(9-12)19-11-20(16)14-6-3-5-13(18)10-14/h2-11H,1H3/b4-2+. The molecule has 21 heavy (non-hydrogen) atoms. The SMILES string of the molecule is C/C=C/C(=O)c1ccc2c(c1)ncn2-c1cccc(Br)c1. The third-order valence-electron chi connectivity index (χ3n) is 3.24. The molecule has 4 heteroatoms. The van der Waals surface area contributed by atoms with Crippen molar-refractivity contribution in [1.82, 2.24) is 9.55 Å². The fourth-order valence-corrected chi connectivity index (χ4v) is 2.63. The molecule has 0 spiro atoms. The number of fused-ring (bicyclic) bond motifs is 1. The predicted molar refractivity (Wildman–Crippen MR) is 87.9 cm³/mol. The van der Waals surface area contributed by atoms with Gasteiger partial charge in [0.2, 0.25) is 0 Å². The lowest BCUT2D eigenvalue weighted by Gasteiger charge is -2.05. The van der Waals surface area contributed by atoms with Crippen molar-refractivity contribution < 1.29 is 4.79 Å². The fourth-order valence-electron chi connectivity index (χ4n) is 2.25. The third-order valence-corrected chi connectivity index (χ3v) is 3.73. The Bertz CT molecular complexity index is 849. The number of imidazole rings is 1. The Balaban J connectivity index is 2.10. The number of carbonyl (C=O) groups is 1. The van der Waals surface area contributed by atoms with E-state index in [1.54, 1.807) is 18.5 Å². The van der Waals surface area contributed by atoms with Crippen molar-refractivity contribution in [2.75, 3.05) is 0 Å². The Hall–Kier alpha value is -2.20. The van der Waals surface area contributed by atoms with Gasteiger partial charge in [-0.25, -0.2) is 4.98 Å². The van der Waals surface area contributed by atoms with Crippen LogP contribution in [0.5, 0.6) is 0 Å². The number of hydrogen-bond acceptors (Lipinski definition) is 2. The molecule has 0 aliphatic rings. The van der Waals surface area contributed by atoms with Crippen LogP contribution in [0.15, 0.2) is 65.4 Å². The van der Waals surface area contributed by atoms with Gasteiger partial charge in [0, 0.05) is 15.7 Å². The second kappa shape index (κ2) is 5.66. The van der Waals surface area contributed by atoms with E-state index in [9.17, 15) is 4.79 Å². The van der Waals surface area contributed by atoms with Crippen molar-refractivity contribution in [2.45, 2.75) is 6.92 Å². The van der Waals surface area contributed by atoms with Gasteiger partial charge in [-0.2, -0.15) is 0 Å². The van der Waals surface area contributed by atoms with Crippen molar-refractivity contribution in [3.8, 4) is 5.69 Å². The average Bonchev–Trinajstić information content (AvgIpc) is 2.90. The zero-order valence-corrected chi connectivity index (χ0v) is 13.0. The monoisotopic (exact) mass is 340 g/mol. The maximum absolute atomic E-state index is 11.9. The highest BCUT2D eigenvalue weighted by atomic mass is 79.9. The highest BCUT2D eigenvalue weighted by Crippen LogP contribution is 2.22. The van der Waals surface area contributed by atoms with Crippen LogP contribution in [0.25, 0.3) is 16.7 Å². The molecule has 0 radical (unpaired) electrons. The Kier molecular flexibility index (Phi) is 3.71. The lowest BCUT2D eigenvalue weighted by molar-refractivity contribution is 0.104. The molecule has 0 atom stereocenters. The number of allylic oxidation sites excluding steroid dienone is 2. The van der Waals surface area contributed by atoms with Gasteiger partial charge in [-0.05, 0) is 49.4 Å². The number of benzene rings is 2. The maximum atomic E-state index is 11.9. The molecule has 0 N–H and O–H groups in total. The highest BCUT2D eigenvalue weighted by molar-refractivity contribution is 9.10. The summed E-state index contributed by atoms with van der Waals surface area (Å²) in [7, 11) is 0. The van der Waals surface area contributed by atoms with E-state index >= 15 is 0 Å². The smallest absolute Gasteiger partial charge is 0.185 e. The molecule has 0 amide bonds. The van der Waals surface area contributed by atoms with E-state index in [1.165, 1.54) is 0 Å². The summed E-state index contributed by atoms with van der Waals surface area (Å²) in [4.78, 5) is 16.3. The van der Waals surface area contributed by atoms with Gasteiger partial charge in [0.1, 0.15) is 6.33 Å². The lowest BCUT2D eigenvalue weighted by atomic mass is 10.1. The number of aromatic nitrogens is 2. The number of hydrogen-bond donors (Lipinski definition) is 0. The summed E-state index contributed by atoms with van der Waals surface area (Å²) >= 11 is 3.47. The number of nitrogens with zero attached hydrogens (tertiary/aromatic N) is 2. The fraction of sp³-hybridized carbons (Fsp3) is 0.0588. The van der Waals surface area contributed by atoms with Crippen LogP contribution < -0.4 is 0 Å². The van der Waals surface area contributed by atoms with Crippen LogP contribution in [-0.4, -0.2) is 15.3 Å². The molecule has 0 aliphatic heterocycles. The summed E-state index contributed by atoms with van der Waals surface area (Å²) < 4.78 is 3.02. The van der Waals surface area contributed by atoms with Gasteiger partial charge in [-0.3, -0.25) is 9.36 Å². The first-order valence-electron chi connectivity index (χ1n) is 6.59. The van der Waals surface area contributed by atoms with E-state index in [0.717, 1.165) is 21.2 Å². The second-order valence-electron chi connectivity index (χ2n) is 4.66. The molecule has 0 saturated carbocycles. The van der Waals surface area contributed by atoms with Gasteiger partial charge < -0.3 is 0 Å². The van der Waals surface area contributed by atoms with Crippen LogP contribution in [0.3, 0.4) is 0 Å². The van der Waals surface area contributed by atoms with Gasteiger partial charge in [0.05, 0.1) is 11.0 Å². The summed E-state index contributed by atoms with van der Waals surface area (Å²) in [6, 6.07) is 13.6. The van der Waals surface area contributed by atoms with E-state index in [1.807, 2.05) is 54.0 Å². The first-order chi connectivity index (χ1) is 10.2. The summed E-state index contributed by atoms with van der Waals surface area (Å²) in [6.45, 7) is 1.83. The number of halogens is 1. The lowest BCUT2D eigenvalue weighted by Crippen LogP contribution is -1.95. The Morgan fingerprint density at radius 2 is 2.10 bits per heavy atom. The van der Waals surface area contributed by atoms with E-state index in [2.05, 4.69) is 20.9 Å². The van der Waals surface area contributed by atoms with Crippen LogP contribution in [0.2, 0.25) is 0 Å². The van der Waals surface area contributed by atoms with Crippen LogP contribution in [0, 0.1) is 0 Å². The molecule has 0 bridgehead atoms. The van der Waals surface area contributed by atoms with Crippen LogP contribution >= 0.6 is 15.9 Å². The molecule has 0 aliphatic carbocycles. The largest absolute Gasteiger partial charge is 0.299 e. The minimum Gasteiger partial charge on any atom is -0.299 e. The zero-order chi connectivity index (χ0) is 14.8. The third kappa shape index (κ3) is 2.67. The van der Waals surface area contributed by atoms with Crippen molar-refractivity contribution >= 4 is 32.7 Å². The van der Waals surface area contributed by atoms with E-state index < -0.39 is 0 Å². The second-order valence-corrected chi connectivity index (χ2v) is 5.58. The molecule has 1 heterocycles. The molecule has 0 saturated heterocycles. The molecular formula is C17H13BrN2O. The van der Waals surface area contributed by atoms with Crippen molar-refractivity contribution in [3.05, 3.63) is 71.0 Å². The summed E-state index contributed by atoms with van der Waals surface area (Å²) in [5, 5.41) is 0. The molecule has 2 aromatic carbocycles. The Labute approximate surface area is 131 Å². The average molecular weight is 341 g/mol. The minimum absolute atomic E-state index is 0.00333. The van der Waals surface area contributed by atoms with Gasteiger partial charge in [-0.15, -0.1) is 0 Å². The van der Waals surface area contributed by atoms with Crippen LogP contribution in [-0.2, 0) is 0 Å². The highest BCUT2D eigenvalue weighted by Gasteiger charge is 2.08. The predicted octanol–water partition coefficient (Wildman–Crippen LogP) is 4.55. The van der Waals surface area contributed by atoms with Crippen molar-refractivity contribution in [2.24, 2.45) is 0 Å². The summed E-state index contributed by atoms with van der Waals surface area (Å²) in [6.07, 6.45) is 5.08. The van der Waals surface area contributed by atoms with Crippen LogP contribution in [0.1, 0.15) is 17.3 Å². The van der Waals surface area contributed by atoms with E-state index in [0.29, 0.717) is 5.56 Å². The number of ketones is 1. The Morgan fingerprint density at radius 3 is 2.86 bits per heavy atom. The zero-order valence-electron chi connectivity index (χ0n) is 11.5. The van der Waals surface area contributed by atoms with Gasteiger partial charge in [0.25, 0.3) is 0 Å². The normalized spacial score (nSPS) is 11.3. The topological polar surface area (TPSA) is 34.9 Å². The van der Waals surface area contributed by atoms with E-state index in [4.69, 9.17) is 0 Å². The molecule has 0 fully saturated rings. The van der Waals surface area contributed by atoms with Gasteiger partial charge in [0.15, 0.2) is 5.78 Å². The molecule has 104 valence electrons. The Morgan fingerprint density at radius 1 is 1.24 bits per heavy atom. The molecule has 3 nitrogen and oxygen atoms in total. The van der Waals surface area contributed by atoms with E-state index in [-0.39, 0.29) is 5.78 Å².